The van der Waals surface area contributed by atoms with Crippen LogP contribution < -0.4 is 0 Å². The molecule has 0 aliphatic heterocycles. The molecule has 0 saturated heterocycles. The minimum absolute atomic E-state index is 0.196. The van der Waals surface area contributed by atoms with E-state index in [0.717, 1.165) is 39.6 Å². The molecule has 1 aliphatic rings. The highest BCUT2D eigenvalue weighted by molar-refractivity contribution is 9.11. The van der Waals surface area contributed by atoms with Gasteiger partial charge in [0.05, 0.1) is 17.3 Å². The average Bonchev–Trinajstić information content (AvgIpc) is 3.36. The molecule has 0 radical (unpaired) electrons. The quantitative estimate of drug-likeness (QED) is 0.218. The van der Waals surface area contributed by atoms with Crippen LogP contribution in [0.3, 0.4) is 0 Å². The van der Waals surface area contributed by atoms with Crippen molar-refractivity contribution in [3.8, 4) is 29.3 Å². The van der Waals surface area contributed by atoms with E-state index in [9.17, 15) is 4.79 Å². The monoisotopic (exact) mass is 540 g/mol. The molecular formula is C19H10Br2OS4. The molecule has 7 heteroatoms. The lowest BCUT2D eigenvalue weighted by Crippen LogP contribution is -1.98. The van der Waals surface area contributed by atoms with Gasteiger partial charge in [0.15, 0.2) is 5.78 Å². The Kier molecular flexibility index (Phi) is 4.19. The van der Waals surface area contributed by atoms with Crippen LogP contribution in [-0.4, -0.2) is 5.78 Å². The van der Waals surface area contributed by atoms with Gasteiger partial charge < -0.3 is 0 Å². The van der Waals surface area contributed by atoms with E-state index in [1.54, 1.807) is 45.3 Å². The molecule has 0 amide bonds. The molecule has 26 heavy (non-hydrogen) atoms. The molecule has 5 rings (SSSR count). The summed E-state index contributed by atoms with van der Waals surface area (Å²) < 4.78 is 2.23. The van der Waals surface area contributed by atoms with E-state index in [1.165, 1.54) is 19.5 Å². The van der Waals surface area contributed by atoms with Crippen molar-refractivity contribution in [3.05, 3.63) is 54.1 Å². The molecule has 0 atom stereocenters. The van der Waals surface area contributed by atoms with E-state index in [-0.39, 0.29) is 5.78 Å². The standard InChI is InChI=1S/C19H10Br2OS4/c1-7-13-15(22)14-8(2)17(10-4-6-12(21)24-10)26-19(14)18(13)25-16(7)9-3-5-11(20)23-9/h3-6H,1-2H3. The van der Waals surface area contributed by atoms with Gasteiger partial charge in [-0.1, -0.05) is 0 Å². The summed E-state index contributed by atoms with van der Waals surface area (Å²) in [5.41, 5.74) is 4.07. The molecule has 4 aromatic rings. The van der Waals surface area contributed by atoms with Crippen LogP contribution in [0.2, 0.25) is 0 Å². The molecular weight excluding hydrogens is 532 g/mol. The van der Waals surface area contributed by atoms with Crippen LogP contribution in [0.25, 0.3) is 29.3 Å². The van der Waals surface area contributed by atoms with Crippen LogP contribution in [0.4, 0.5) is 0 Å². The Balaban J connectivity index is 1.71. The van der Waals surface area contributed by atoms with E-state index in [4.69, 9.17) is 0 Å². The van der Waals surface area contributed by atoms with Crippen molar-refractivity contribution in [2.24, 2.45) is 0 Å². The number of ketones is 1. The topological polar surface area (TPSA) is 17.1 Å². The number of hydrogen-bond donors (Lipinski definition) is 0. The second kappa shape index (κ2) is 6.22. The van der Waals surface area contributed by atoms with E-state index < -0.39 is 0 Å². The van der Waals surface area contributed by atoms with Crippen molar-refractivity contribution >= 4 is 83.0 Å². The predicted molar refractivity (Wildman–Crippen MR) is 123 cm³/mol. The van der Waals surface area contributed by atoms with Gasteiger partial charge in [0, 0.05) is 30.6 Å². The highest BCUT2D eigenvalue weighted by atomic mass is 79.9. The van der Waals surface area contributed by atoms with Gasteiger partial charge in [0.2, 0.25) is 0 Å². The highest BCUT2D eigenvalue weighted by Crippen LogP contribution is 2.55. The molecule has 1 aliphatic carbocycles. The van der Waals surface area contributed by atoms with Gasteiger partial charge in [-0.3, -0.25) is 4.79 Å². The van der Waals surface area contributed by atoms with Gasteiger partial charge in [-0.2, -0.15) is 0 Å². The summed E-state index contributed by atoms with van der Waals surface area (Å²) in [4.78, 5) is 20.4. The van der Waals surface area contributed by atoms with Crippen molar-refractivity contribution in [2.45, 2.75) is 13.8 Å². The first-order chi connectivity index (χ1) is 12.5. The number of fused-ring (bicyclic) bond motifs is 3. The smallest absolute Gasteiger partial charge is 0.196 e. The Hall–Kier alpha value is -0.570. The van der Waals surface area contributed by atoms with Crippen LogP contribution in [0.15, 0.2) is 31.8 Å². The van der Waals surface area contributed by atoms with E-state index >= 15 is 0 Å². The van der Waals surface area contributed by atoms with Gasteiger partial charge in [-0.25, -0.2) is 0 Å². The Morgan fingerprint density at radius 2 is 1.08 bits per heavy atom. The fraction of sp³-hybridized carbons (Fsp3) is 0.105. The van der Waals surface area contributed by atoms with Crippen LogP contribution in [0.5, 0.6) is 0 Å². The second-order valence-electron chi connectivity index (χ2n) is 6.06. The molecule has 1 nitrogen and oxygen atoms in total. The molecule has 0 unspecified atom stereocenters. The molecule has 0 aromatic carbocycles. The number of hydrogen-bond acceptors (Lipinski definition) is 5. The molecule has 0 saturated carbocycles. The highest BCUT2D eigenvalue weighted by Gasteiger charge is 2.37. The molecule has 0 fully saturated rings. The van der Waals surface area contributed by atoms with Gasteiger partial charge in [-0.05, 0) is 81.1 Å². The van der Waals surface area contributed by atoms with Crippen molar-refractivity contribution < 1.29 is 4.79 Å². The summed E-state index contributed by atoms with van der Waals surface area (Å²) in [6.07, 6.45) is 0. The van der Waals surface area contributed by atoms with Gasteiger partial charge in [0.25, 0.3) is 0 Å². The lowest BCUT2D eigenvalue weighted by atomic mass is 10.0. The van der Waals surface area contributed by atoms with Crippen molar-refractivity contribution in [1.82, 2.24) is 0 Å². The zero-order chi connectivity index (χ0) is 18.2. The number of halogens is 2. The molecule has 0 N–H and O–H groups in total. The first-order valence-corrected chi connectivity index (χ1v) is 12.6. The van der Waals surface area contributed by atoms with Crippen LogP contribution in [0, 0.1) is 13.8 Å². The number of thiophene rings is 4. The zero-order valence-electron chi connectivity index (χ0n) is 13.6. The Morgan fingerprint density at radius 3 is 1.42 bits per heavy atom. The fourth-order valence-corrected chi connectivity index (χ4v) is 9.22. The van der Waals surface area contributed by atoms with E-state index in [1.807, 2.05) is 0 Å². The normalized spacial score (nSPS) is 12.7. The van der Waals surface area contributed by atoms with Crippen molar-refractivity contribution in [1.29, 1.82) is 0 Å². The maximum atomic E-state index is 13.2. The lowest BCUT2D eigenvalue weighted by Gasteiger charge is -2.00. The molecule has 0 bridgehead atoms. The fourth-order valence-electron chi connectivity index (χ4n) is 3.36. The SMILES string of the molecule is Cc1c(-c2ccc(Br)s2)sc2c1C(=O)c1c-2sc(-c2ccc(Br)s2)c1C. The number of carbonyl (C=O) groups excluding carboxylic acids is 1. The number of rotatable bonds is 2. The Morgan fingerprint density at radius 1 is 0.654 bits per heavy atom. The minimum atomic E-state index is 0.196. The van der Waals surface area contributed by atoms with E-state index in [0.29, 0.717) is 0 Å². The summed E-state index contributed by atoms with van der Waals surface area (Å²) in [7, 11) is 0. The second-order valence-corrected chi connectivity index (χ2v) is 13.0. The summed E-state index contributed by atoms with van der Waals surface area (Å²) in [5.74, 6) is 0.196. The van der Waals surface area contributed by atoms with Gasteiger partial charge in [0.1, 0.15) is 0 Å². The van der Waals surface area contributed by atoms with Gasteiger partial charge in [-0.15, -0.1) is 45.3 Å². The first-order valence-electron chi connectivity index (χ1n) is 7.79. The third-order valence-corrected chi connectivity index (χ3v) is 10.9. The molecule has 4 heterocycles. The molecule has 0 spiro atoms. The largest absolute Gasteiger partial charge is 0.288 e. The third kappa shape index (κ3) is 2.45. The lowest BCUT2D eigenvalue weighted by molar-refractivity contribution is 0.104. The molecule has 130 valence electrons. The third-order valence-electron chi connectivity index (χ3n) is 4.55. The van der Waals surface area contributed by atoms with Gasteiger partial charge >= 0.3 is 0 Å². The van der Waals surface area contributed by atoms with Crippen LogP contribution >= 0.6 is 77.2 Å². The van der Waals surface area contributed by atoms with Crippen LogP contribution in [-0.2, 0) is 0 Å². The maximum Gasteiger partial charge on any atom is 0.196 e. The average molecular weight is 542 g/mol. The maximum absolute atomic E-state index is 13.2. The summed E-state index contributed by atoms with van der Waals surface area (Å²) in [6, 6.07) is 8.39. The Labute approximate surface area is 183 Å². The summed E-state index contributed by atoms with van der Waals surface area (Å²) >= 11 is 14.0. The number of carbonyl (C=O) groups is 1. The zero-order valence-corrected chi connectivity index (χ0v) is 20.0. The van der Waals surface area contributed by atoms with Crippen molar-refractivity contribution in [3.63, 3.8) is 0 Å². The van der Waals surface area contributed by atoms with E-state index in [2.05, 4.69) is 70.0 Å². The predicted octanol–water partition coefficient (Wildman–Crippen LogP) is 8.62. The summed E-state index contributed by atoms with van der Waals surface area (Å²) in [5, 5.41) is 0. The first kappa shape index (κ1) is 17.5. The summed E-state index contributed by atoms with van der Waals surface area (Å²) in [6.45, 7) is 4.17. The van der Waals surface area contributed by atoms with Crippen LogP contribution in [0.1, 0.15) is 27.0 Å². The van der Waals surface area contributed by atoms with Crippen molar-refractivity contribution in [2.75, 3.05) is 0 Å². The minimum Gasteiger partial charge on any atom is -0.288 e. The Bertz CT molecular complexity index is 1110. The molecule has 4 aromatic heterocycles.